The molecular weight excluding hydrogens is 300 g/mol. The average Bonchev–Trinajstić information content (AvgIpc) is 2.98. The number of H-pyrrole nitrogens is 1. The first kappa shape index (κ1) is 14.9. The molecule has 0 radical (unpaired) electrons. The first-order valence-corrected chi connectivity index (χ1v) is 7.15. The molecule has 0 spiro atoms. The minimum atomic E-state index is -4.09. The van der Waals surface area contributed by atoms with E-state index in [1.807, 2.05) is 0 Å². The number of nitrogens with two attached hydrogens (primary N) is 1. The van der Waals surface area contributed by atoms with Crippen LogP contribution in [0.5, 0.6) is 0 Å². The zero-order chi connectivity index (χ0) is 15.5. The fraction of sp³-hybridized carbons (Fsp3) is 0.100. The lowest BCUT2D eigenvalue weighted by Gasteiger charge is -2.08. The Labute approximate surface area is 119 Å². The molecule has 10 nitrogen and oxygen atoms in total. The van der Waals surface area contributed by atoms with Gasteiger partial charge >= 0.3 is 0 Å². The molecular formula is C10H12N6O4S. The Bertz CT molecular complexity index is 743. The summed E-state index contributed by atoms with van der Waals surface area (Å²) in [5, 5.41) is 10.9. The number of hydrazine groups is 1. The van der Waals surface area contributed by atoms with Gasteiger partial charge in [-0.05, 0) is 12.1 Å². The van der Waals surface area contributed by atoms with Crippen molar-refractivity contribution < 1.29 is 13.3 Å². The minimum absolute atomic E-state index is 0.118. The van der Waals surface area contributed by atoms with Crippen LogP contribution < -0.4 is 16.0 Å². The standard InChI is InChI=1S/C10H12N6O4S/c11-15-7-1-2-8(16(17)18)9(5-7)21(19,20)14-6-10-12-3-4-13-10/h1-5,14-15H,6,11H2,(H,12,13). The molecule has 0 aliphatic carbocycles. The third-order valence-corrected chi connectivity index (χ3v) is 4.03. The van der Waals surface area contributed by atoms with Crippen LogP contribution in [0, 0.1) is 10.1 Å². The molecule has 1 aromatic heterocycles. The molecule has 11 heteroatoms. The molecule has 0 unspecified atom stereocenters. The summed E-state index contributed by atoms with van der Waals surface area (Å²) in [4.78, 5) is 16.3. The largest absolute Gasteiger partial charge is 0.347 e. The number of hydrogen-bond donors (Lipinski definition) is 4. The lowest BCUT2D eigenvalue weighted by atomic mass is 10.3. The fourth-order valence-electron chi connectivity index (χ4n) is 1.61. The van der Waals surface area contributed by atoms with Gasteiger partial charge in [0.1, 0.15) is 5.82 Å². The number of nitrogen functional groups attached to an aromatic ring is 1. The van der Waals surface area contributed by atoms with Crippen molar-refractivity contribution >= 4 is 21.4 Å². The highest BCUT2D eigenvalue weighted by molar-refractivity contribution is 7.89. The summed E-state index contributed by atoms with van der Waals surface area (Å²) in [7, 11) is -4.09. The van der Waals surface area contributed by atoms with Crippen LogP contribution in [0.15, 0.2) is 35.5 Å². The lowest BCUT2D eigenvalue weighted by Crippen LogP contribution is -2.25. The van der Waals surface area contributed by atoms with Crippen molar-refractivity contribution in [3.8, 4) is 0 Å². The van der Waals surface area contributed by atoms with Gasteiger partial charge in [-0.15, -0.1) is 0 Å². The van der Waals surface area contributed by atoms with Crippen LogP contribution >= 0.6 is 0 Å². The van der Waals surface area contributed by atoms with Crippen molar-refractivity contribution in [2.24, 2.45) is 5.84 Å². The predicted octanol–water partition coefficient (Wildman–Crippen LogP) is 0.0820. The van der Waals surface area contributed by atoms with E-state index in [1.165, 1.54) is 18.5 Å². The number of rotatable bonds is 6. The highest BCUT2D eigenvalue weighted by atomic mass is 32.2. The number of nitro groups is 1. The molecule has 2 aromatic rings. The van der Waals surface area contributed by atoms with E-state index in [0.29, 0.717) is 5.82 Å². The molecule has 0 saturated carbocycles. The molecule has 112 valence electrons. The summed E-state index contributed by atoms with van der Waals surface area (Å²) in [6, 6.07) is 3.46. The second-order valence-electron chi connectivity index (χ2n) is 3.94. The number of nitro benzene ring substituents is 1. The summed E-state index contributed by atoms with van der Waals surface area (Å²) < 4.78 is 26.6. The molecule has 0 bridgehead atoms. The van der Waals surface area contributed by atoms with Crippen molar-refractivity contribution in [3.63, 3.8) is 0 Å². The molecule has 0 fully saturated rings. The topological polar surface area (TPSA) is 156 Å². The van der Waals surface area contributed by atoms with E-state index in [9.17, 15) is 18.5 Å². The highest BCUT2D eigenvalue weighted by Gasteiger charge is 2.26. The Hall–Kier alpha value is -2.50. The van der Waals surface area contributed by atoms with Crippen molar-refractivity contribution in [3.05, 3.63) is 46.5 Å². The predicted molar refractivity (Wildman–Crippen MR) is 73.5 cm³/mol. The van der Waals surface area contributed by atoms with Gasteiger partial charge < -0.3 is 10.4 Å². The monoisotopic (exact) mass is 312 g/mol. The Morgan fingerprint density at radius 1 is 1.43 bits per heavy atom. The molecule has 1 aromatic carbocycles. The van der Waals surface area contributed by atoms with Gasteiger partial charge in [0.15, 0.2) is 4.90 Å². The van der Waals surface area contributed by atoms with Crippen LogP contribution in [-0.2, 0) is 16.6 Å². The molecule has 0 aliphatic rings. The number of aromatic nitrogens is 2. The van der Waals surface area contributed by atoms with Crippen molar-refractivity contribution in [1.29, 1.82) is 0 Å². The minimum Gasteiger partial charge on any atom is -0.347 e. The van der Waals surface area contributed by atoms with E-state index < -0.39 is 25.5 Å². The van der Waals surface area contributed by atoms with E-state index in [4.69, 9.17) is 5.84 Å². The van der Waals surface area contributed by atoms with Crippen molar-refractivity contribution in [1.82, 2.24) is 14.7 Å². The van der Waals surface area contributed by atoms with Gasteiger partial charge in [-0.25, -0.2) is 18.1 Å². The second-order valence-corrected chi connectivity index (χ2v) is 5.68. The normalized spacial score (nSPS) is 11.3. The van der Waals surface area contributed by atoms with Crippen molar-refractivity contribution in [2.75, 3.05) is 5.43 Å². The number of nitrogens with zero attached hydrogens (tertiary/aromatic N) is 2. The number of anilines is 1. The van der Waals surface area contributed by atoms with Crippen molar-refractivity contribution in [2.45, 2.75) is 11.4 Å². The summed E-state index contributed by atoms with van der Waals surface area (Å²) >= 11 is 0. The lowest BCUT2D eigenvalue weighted by molar-refractivity contribution is -0.387. The molecule has 0 aliphatic heterocycles. The maximum Gasteiger partial charge on any atom is 0.289 e. The average molecular weight is 312 g/mol. The maximum atomic E-state index is 12.2. The Balaban J connectivity index is 2.35. The first-order chi connectivity index (χ1) is 9.94. The molecule has 0 saturated heterocycles. The van der Waals surface area contributed by atoms with Crippen LogP contribution in [0.2, 0.25) is 0 Å². The smallest absolute Gasteiger partial charge is 0.289 e. The summed E-state index contributed by atoms with van der Waals surface area (Å²) in [6.45, 7) is -0.118. The van der Waals surface area contributed by atoms with Crippen LogP contribution in [-0.4, -0.2) is 23.3 Å². The molecule has 0 amide bonds. The third kappa shape index (κ3) is 3.34. The molecule has 0 atom stereocenters. The highest BCUT2D eigenvalue weighted by Crippen LogP contribution is 2.26. The van der Waals surface area contributed by atoms with E-state index in [0.717, 1.165) is 12.1 Å². The summed E-state index contributed by atoms with van der Waals surface area (Å²) in [5.41, 5.74) is 1.94. The van der Waals surface area contributed by atoms with Gasteiger partial charge in [0, 0.05) is 18.5 Å². The third-order valence-electron chi connectivity index (χ3n) is 2.60. The van der Waals surface area contributed by atoms with E-state index in [1.54, 1.807) is 0 Å². The first-order valence-electron chi connectivity index (χ1n) is 5.67. The molecule has 1 heterocycles. The number of aromatic amines is 1. The van der Waals surface area contributed by atoms with Gasteiger partial charge in [0.25, 0.3) is 5.69 Å². The quantitative estimate of drug-likeness (QED) is 0.334. The van der Waals surface area contributed by atoms with Gasteiger partial charge in [-0.2, -0.15) is 0 Å². The van der Waals surface area contributed by atoms with Crippen LogP contribution in [0.3, 0.4) is 0 Å². The number of benzene rings is 1. The fourth-order valence-corrected chi connectivity index (χ4v) is 2.79. The molecule has 21 heavy (non-hydrogen) atoms. The second kappa shape index (κ2) is 5.87. The van der Waals surface area contributed by atoms with Crippen LogP contribution in [0.4, 0.5) is 11.4 Å². The van der Waals surface area contributed by atoms with E-state index >= 15 is 0 Å². The number of nitrogens with one attached hydrogen (secondary N) is 3. The summed E-state index contributed by atoms with van der Waals surface area (Å²) in [6.07, 6.45) is 3.00. The maximum absolute atomic E-state index is 12.2. The number of sulfonamides is 1. The Morgan fingerprint density at radius 3 is 2.76 bits per heavy atom. The Kier molecular flexibility index (Phi) is 4.16. The molecule has 5 N–H and O–H groups in total. The van der Waals surface area contributed by atoms with E-state index in [-0.39, 0.29) is 12.2 Å². The summed E-state index contributed by atoms with van der Waals surface area (Å²) in [5.74, 6) is 5.57. The van der Waals surface area contributed by atoms with E-state index in [2.05, 4.69) is 20.1 Å². The van der Waals surface area contributed by atoms with Gasteiger partial charge in [-0.3, -0.25) is 16.0 Å². The van der Waals surface area contributed by atoms with Crippen LogP contribution in [0.1, 0.15) is 5.82 Å². The SMILES string of the molecule is NNc1ccc([N+](=O)[O-])c(S(=O)(=O)NCc2ncc[nH]2)c1. The number of hydrogen-bond acceptors (Lipinski definition) is 7. The zero-order valence-corrected chi connectivity index (χ0v) is 11.4. The van der Waals surface area contributed by atoms with Gasteiger partial charge in [0.05, 0.1) is 17.2 Å². The zero-order valence-electron chi connectivity index (χ0n) is 10.6. The molecule has 2 rings (SSSR count). The van der Waals surface area contributed by atoms with Gasteiger partial charge in [-0.1, -0.05) is 0 Å². The number of imidazole rings is 1. The van der Waals surface area contributed by atoms with Gasteiger partial charge in [0.2, 0.25) is 10.0 Å². The Morgan fingerprint density at radius 2 is 2.19 bits per heavy atom. The van der Waals surface area contributed by atoms with Crippen LogP contribution in [0.25, 0.3) is 0 Å².